The number of rotatable bonds is 11. The number of carboxylic acid groups (broad SMARTS) is 1. The molecule has 150 valence electrons. The lowest BCUT2D eigenvalue weighted by atomic mass is 10.0. The molecule has 0 spiro atoms. The quantitative estimate of drug-likeness (QED) is 0.265. The largest absolute Gasteiger partial charge is 0.480 e. The first kappa shape index (κ1) is 22.6. The van der Waals surface area contributed by atoms with Gasteiger partial charge in [0.25, 0.3) is 0 Å². The normalized spacial score (nSPS) is 24.8. The summed E-state index contributed by atoms with van der Waals surface area (Å²) < 4.78 is 0. The number of hydrogen-bond acceptors (Lipinski definition) is 5. The lowest BCUT2D eigenvalue weighted by Gasteiger charge is -2.16. The summed E-state index contributed by atoms with van der Waals surface area (Å²) in [6.07, 6.45) is 5.18. The van der Waals surface area contributed by atoms with E-state index in [4.69, 9.17) is 10.8 Å². The molecule has 2 saturated heterocycles. The first-order chi connectivity index (χ1) is 12.0. The van der Waals surface area contributed by atoms with Crippen LogP contribution in [-0.2, 0) is 9.59 Å². The Labute approximate surface area is 159 Å². The van der Waals surface area contributed by atoms with E-state index in [0.717, 1.165) is 31.4 Å². The van der Waals surface area contributed by atoms with E-state index < -0.39 is 12.0 Å². The molecule has 2 fully saturated rings. The van der Waals surface area contributed by atoms with Crippen LogP contribution >= 0.6 is 11.8 Å². The number of carbonyl (C=O) groups is 3. The molecule has 26 heavy (non-hydrogen) atoms. The Hall–Kier alpha value is -1.48. The van der Waals surface area contributed by atoms with Crippen LogP contribution in [0.3, 0.4) is 0 Å². The van der Waals surface area contributed by atoms with Crippen molar-refractivity contribution in [2.75, 3.05) is 12.3 Å². The number of hydrogen-bond donors (Lipinski definition) is 5. The van der Waals surface area contributed by atoms with Crippen molar-refractivity contribution in [3.8, 4) is 0 Å². The van der Waals surface area contributed by atoms with E-state index in [9.17, 15) is 14.4 Å². The molecule has 0 aromatic rings. The molecule has 2 heterocycles. The van der Waals surface area contributed by atoms with Gasteiger partial charge in [-0.1, -0.05) is 13.8 Å². The van der Waals surface area contributed by atoms with Gasteiger partial charge in [0, 0.05) is 24.0 Å². The molecule has 0 radical (unpaired) electrons. The minimum atomic E-state index is -0.983. The number of nitrogens with two attached hydrogens (primary N) is 1. The molecule has 8 nitrogen and oxygen atoms in total. The topological polar surface area (TPSA) is 134 Å². The predicted molar refractivity (Wildman–Crippen MR) is 103 cm³/mol. The van der Waals surface area contributed by atoms with Crippen LogP contribution in [0.4, 0.5) is 4.79 Å². The molecule has 0 saturated carbocycles. The van der Waals surface area contributed by atoms with Crippen molar-refractivity contribution in [2.24, 2.45) is 5.73 Å². The second kappa shape index (κ2) is 11.3. The molecular formula is C17H32N4O4S. The lowest BCUT2D eigenvalue weighted by Crippen LogP contribution is -2.36. The summed E-state index contributed by atoms with van der Waals surface area (Å²) in [4.78, 5) is 33.7. The van der Waals surface area contributed by atoms with Crippen LogP contribution in [0.5, 0.6) is 0 Å². The molecule has 2 rings (SSSR count). The fourth-order valence-electron chi connectivity index (χ4n) is 3.20. The Morgan fingerprint density at radius 1 is 1.27 bits per heavy atom. The molecule has 2 aliphatic rings. The van der Waals surface area contributed by atoms with Crippen molar-refractivity contribution in [1.29, 1.82) is 0 Å². The van der Waals surface area contributed by atoms with Crippen molar-refractivity contribution >= 4 is 29.7 Å². The van der Waals surface area contributed by atoms with E-state index in [1.807, 2.05) is 11.8 Å². The molecule has 0 aromatic carbocycles. The third-order valence-corrected chi connectivity index (χ3v) is 6.17. The minimum Gasteiger partial charge on any atom is -0.480 e. The number of urea groups is 1. The highest BCUT2D eigenvalue weighted by Gasteiger charge is 2.42. The number of amides is 3. The van der Waals surface area contributed by atoms with Gasteiger partial charge >= 0.3 is 12.0 Å². The average Bonchev–Trinajstić information content (AvgIpc) is 3.10. The van der Waals surface area contributed by atoms with E-state index in [-0.39, 0.29) is 31.4 Å². The summed E-state index contributed by atoms with van der Waals surface area (Å²) in [6, 6.07) is -0.406. The number of nitrogens with one attached hydrogen (secondary N) is 3. The maximum absolute atomic E-state index is 11.8. The van der Waals surface area contributed by atoms with Crippen LogP contribution in [-0.4, -0.2) is 58.7 Å². The first-order valence-electron chi connectivity index (χ1n) is 8.91. The molecule has 0 aliphatic carbocycles. The van der Waals surface area contributed by atoms with Gasteiger partial charge in [-0.15, -0.1) is 0 Å². The van der Waals surface area contributed by atoms with Crippen LogP contribution in [0.1, 0.15) is 52.4 Å². The third kappa shape index (κ3) is 7.03. The van der Waals surface area contributed by atoms with Gasteiger partial charge < -0.3 is 26.8 Å². The molecule has 4 atom stereocenters. The Balaban J connectivity index is 0.00000338. The SMILES string of the molecule is C.NC(CCCCNC(=O)CCCC[C@@H]1SC[C@@H]2NC(=O)N[C@@H]21)C(=O)O. The highest BCUT2D eigenvalue weighted by atomic mass is 32.2. The monoisotopic (exact) mass is 388 g/mol. The van der Waals surface area contributed by atoms with Crippen molar-refractivity contribution in [3.05, 3.63) is 0 Å². The van der Waals surface area contributed by atoms with E-state index >= 15 is 0 Å². The second-order valence-electron chi connectivity index (χ2n) is 6.66. The van der Waals surface area contributed by atoms with Crippen LogP contribution in [0.25, 0.3) is 0 Å². The highest BCUT2D eigenvalue weighted by molar-refractivity contribution is 8.00. The van der Waals surface area contributed by atoms with Crippen LogP contribution < -0.4 is 21.7 Å². The van der Waals surface area contributed by atoms with Crippen LogP contribution in [0.15, 0.2) is 0 Å². The van der Waals surface area contributed by atoms with Crippen molar-refractivity contribution in [3.63, 3.8) is 0 Å². The molecular weight excluding hydrogens is 356 g/mol. The molecule has 9 heteroatoms. The smallest absolute Gasteiger partial charge is 0.320 e. The number of fused-ring (bicyclic) bond motifs is 1. The number of carboxylic acids is 1. The maximum atomic E-state index is 11.8. The number of carbonyl (C=O) groups excluding carboxylic acids is 2. The van der Waals surface area contributed by atoms with E-state index in [2.05, 4.69) is 16.0 Å². The van der Waals surface area contributed by atoms with Gasteiger partial charge in [-0.2, -0.15) is 11.8 Å². The Morgan fingerprint density at radius 3 is 2.77 bits per heavy atom. The first-order valence-corrected chi connectivity index (χ1v) is 9.96. The fraction of sp³-hybridized carbons (Fsp3) is 0.824. The van der Waals surface area contributed by atoms with Gasteiger partial charge in [-0.3, -0.25) is 9.59 Å². The van der Waals surface area contributed by atoms with Gasteiger partial charge in [0.05, 0.1) is 12.1 Å². The number of thioether (sulfide) groups is 1. The Morgan fingerprint density at radius 2 is 2.04 bits per heavy atom. The Bertz CT molecular complexity index is 491. The van der Waals surface area contributed by atoms with Crippen molar-refractivity contribution in [2.45, 2.75) is 75.7 Å². The zero-order valence-electron chi connectivity index (χ0n) is 14.3. The molecule has 0 aromatic heterocycles. The van der Waals surface area contributed by atoms with Gasteiger partial charge in [-0.05, 0) is 32.1 Å². The second-order valence-corrected chi connectivity index (χ2v) is 7.93. The number of unbranched alkanes of at least 4 members (excludes halogenated alkanes) is 2. The van der Waals surface area contributed by atoms with Gasteiger partial charge in [0.1, 0.15) is 6.04 Å². The molecule has 3 amide bonds. The van der Waals surface area contributed by atoms with Gasteiger partial charge in [-0.25, -0.2) is 4.79 Å². The molecule has 1 unspecified atom stereocenters. The lowest BCUT2D eigenvalue weighted by molar-refractivity contribution is -0.138. The van der Waals surface area contributed by atoms with Crippen LogP contribution in [0.2, 0.25) is 0 Å². The predicted octanol–water partition coefficient (Wildman–Crippen LogP) is 1.05. The molecule has 6 N–H and O–H groups in total. The third-order valence-electron chi connectivity index (χ3n) is 4.66. The standard InChI is InChI=1S/C16H28N4O4S.CH4/c17-10(15(22)23)5-3-4-8-18-13(21)7-2-1-6-12-14-11(9-25-12)19-16(24)20-14;/h10-12,14H,1-9,17H2,(H,18,21)(H,22,23)(H2,19,20,24);1H4/t10?,11-,12-,14-;/m0./s1. The summed E-state index contributed by atoms with van der Waals surface area (Å²) in [6.45, 7) is 0.561. The summed E-state index contributed by atoms with van der Waals surface area (Å²) in [5, 5.41) is 17.9. The van der Waals surface area contributed by atoms with Crippen LogP contribution in [0, 0.1) is 0 Å². The van der Waals surface area contributed by atoms with Gasteiger partial charge in [0.2, 0.25) is 5.91 Å². The van der Waals surface area contributed by atoms with E-state index in [0.29, 0.717) is 31.1 Å². The minimum absolute atomic E-state index is 0. The summed E-state index contributed by atoms with van der Waals surface area (Å²) in [5.74, 6) is 0.0131. The van der Waals surface area contributed by atoms with Crippen molar-refractivity contribution in [1.82, 2.24) is 16.0 Å². The summed E-state index contributed by atoms with van der Waals surface area (Å²) in [5.41, 5.74) is 5.42. The fourth-order valence-corrected chi connectivity index (χ4v) is 4.75. The van der Waals surface area contributed by atoms with E-state index in [1.165, 1.54) is 0 Å². The van der Waals surface area contributed by atoms with E-state index in [1.54, 1.807) is 0 Å². The molecule has 2 aliphatic heterocycles. The Kier molecular flexibility index (Phi) is 9.79. The number of aliphatic carboxylic acids is 1. The zero-order valence-corrected chi connectivity index (χ0v) is 15.1. The molecule has 0 bridgehead atoms. The summed E-state index contributed by atoms with van der Waals surface area (Å²) >= 11 is 1.89. The summed E-state index contributed by atoms with van der Waals surface area (Å²) in [7, 11) is 0. The van der Waals surface area contributed by atoms with Crippen molar-refractivity contribution < 1.29 is 19.5 Å². The van der Waals surface area contributed by atoms with Gasteiger partial charge in [0.15, 0.2) is 0 Å². The zero-order chi connectivity index (χ0) is 18.2. The maximum Gasteiger partial charge on any atom is 0.320 e. The average molecular weight is 389 g/mol. The highest BCUT2D eigenvalue weighted by Crippen LogP contribution is 2.33.